The Hall–Kier alpha value is -10.4. The fourth-order valence-corrected chi connectivity index (χ4v) is 9.37. The summed E-state index contributed by atoms with van der Waals surface area (Å²) in [6, 6.07) is 61.9. The number of carbonyl (C=O) groups excluding carboxylic acids is 4. The van der Waals surface area contributed by atoms with Gasteiger partial charge in [-0.2, -0.15) is 21.0 Å². The Morgan fingerprint density at radius 2 is 0.440 bits per heavy atom. The van der Waals surface area contributed by atoms with Gasteiger partial charge in [0.15, 0.2) is 0 Å². The van der Waals surface area contributed by atoms with Crippen molar-refractivity contribution in [2.75, 3.05) is 21.3 Å². The van der Waals surface area contributed by atoms with Crippen molar-refractivity contribution in [3.05, 3.63) is 259 Å². The minimum absolute atomic E-state index is 0.124. The van der Waals surface area contributed by atoms with Crippen LogP contribution in [0.5, 0.6) is 0 Å². The van der Waals surface area contributed by atoms with E-state index in [9.17, 15) is 19.2 Å². The first-order valence-electron chi connectivity index (χ1n) is 27.8. The molecular formula is C72H72N8O4. The lowest BCUT2D eigenvalue weighted by Crippen LogP contribution is -2.15. The highest BCUT2D eigenvalue weighted by molar-refractivity contribution is 6.08. The molecule has 0 spiro atoms. The number of amides is 4. The van der Waals surface area contributed by atoms with Crippen LogP contribution in [0.2, 0.25) is 0 Å². The number of nitrogens with one attached hydrogen (secondary N) is 4. The molecule has 0 saturated carbocycles. The summed E-state index contributed by atoms with van der Waals surface area (Å²) in [4.78, 5) is 50.0. The molecule has 12 heteroatoms. The van der Waals surface area contributed by atoms with E-state index in [4.69, 9.17) is 21.0 Å². The molecule has 0 atom stereocenters. The first-order chi connectivity index (χ1) is 40.5. The third-order valence-electron chi connectivity index (χ3n) is 14.0. The van der Waals surface area contributed by atoms with Gasteiger partial charge in [-0.05, 0) is 172 Å². The van der Waals surface area contributed by atoms with Crippen LogP contribution in [0.3, 0.4) is 0 Å². The molecule has 0 saturated heterocycles. The normalized spacial score (nSPS) is 9.95. The number of nitrogens with zero attached hydrogens (tertiary/aromatic N) is 4. The molecule has 8 aromatic carbocycles. The highest BCUT2D eigenvalue weighted by atomic mass is 16.2. The maximum atomic E-state index is 12.5. The molecule has 0 aliphatic rings. The van der Waals surface area contributed by atoms with Crippen LogP contribution in [0.25, 0.3) is 0 Å². The molecule has 4 N–H and O–H groups in total. The molecule has 0 heterocycles. The zero-order valence-electron chi connectivity index (χ0n) is 49.2. The average Bonchev–Trinajstić information content (AvgIpc) is 3.54. The molecule has 0 aliphatic heterocycles. The molecule has 0 radical (unpaired) electrons. The van der Waals surface area contributed by atoms with Crippen molar-refractivity contribution >= 4 is 46.4 Å². The predicted molar refractivity (Wildman–Crippen MR) is 337 cm³/mol. The zero-order valence-corrected chi connectivity index (χ0v) is 49.2. The minimum atomic E-state index is -0.124. The predicted octanol–water partition coefficient (Wildman–Crippen LogP) is 16.0. The summed E-state index contributed by atoms with van der Waals surface area (Å²) in [5, 5.41) is 46.8. The monoisotopic (exact) mass is 1110 g/mol. The topological polar surface area (TPSA) is 212 Å². The Kier molecular flexibility index (Phi) is 25.6. The van der Waals surface area contributed by atoms with Crippen LogP contribution in [0.1, 0.15) is 134 Å². The molecule has 0 aromatic heterocycles. The van der Waals surface area contributed by atoms with E-state index in [0.717, 1.165) is 89.5 Å². The molecule has 4 amide bonds. The molecular weight excluding hydrogens is 1040 g/mol. The molecule has 8 aromatic rings. The van der Waals surface area contributed by atoms with Gasteiger partial charge in [-0.25, -0.2) is 0 Å². The van der Waals surface area contributed by atoms with Gasteiger partial charge in [0.25, 0.3) is 23.6 Å². The summed E-state index contributed by atoms with van der Waals surface area (Å²) in [6.45, 7) is 15.8. The van der Waals surface area contributed by atoms with Gasteiger partial charge in [0.05, 0.1) is 24.3 Å². The highest BCUT2D eigenvalue weighted by Crippen LogP contribution is 2.26. The van der Waals surface area contributed by atoms with Gasteiger partial charge in [0.2, 0.25) is 0 Å². The highest BCUT2D eigenvalue weighted by Gasteiger charge is 2.17. The van der Waals surface area contributed by atoms with Crippen molar-refractivity contribution in [1.82, 2.24) is 0 Å². The quantitative estimate of drug-likeness (QED) is 0.0729. The van der Waals surface area contributed by atoms with Crippen LogP contribution in [-0.2, 0) is 25.7 Å². The van der Waals surface area contributed by atoms with E-state index in [1.54, 1.807) is 24.3 Å². The van der Waals surface area contributed by atoms with Gasteiger partial charge in [0, 0.05) is 70.7 Å². The molecule has 0 aliphatic carbocycles. The van der Waals surface area contributed by atoms with Crippen LogP contribution < -0.4 is 21.3 Å². The Labute approximate surface area is 495 Å². The minimum Gasteiger partial charge on any atom is -0.321 e. The van der Waals surface area contributed by atoms with Crippen LogP contribution in [0.15, 0.2) is 170 Å². The number of benzene rings is 8. The zero-order chi connectivity index (χ0) is 61.0. The van der Waals surface area contributed by atoms with Crippen LogP contribution in [0, 0.1) is 101 Å². The Balaban J connectivity index is 0.000000205. The molecule has 424 valence electrons. The Morgan fingerprint density at radius 3 is 0.607 bits per heavy atom. The lowest BCUT2D eigenvalue weighted by atomic mass is 10.0. The van der Waals surface area contributed by atoms with E-state index in [-0.39, 0.29) is 23.6 Å². The maximum absolute atomic E-state index is 12.5. The number of nitriles is 4. The Bertz CT molecular complexity index is 3210. The van der Waals surface area contributed by atoms with Gasteiger partial charge < -0.3 is 21.3 Å². The van der Waals surface area contributed by atoms with Crippen LogP contribution >= 0.6 is 0 Å². The second-order valence-corrected chi connectivity index (χ2v) is 20.1. The van der Waals surface area contributed by atoms with Crippen molar-refractivity contribution in [1.29, 1.82) is 21.0 Å². The molecule has 8 rings (SSSR count). The van der Waals surface area contributed by atoms with Gasteiger partial charge in [0.1, 0.15) is 0 Å². The second kappa shape index (κ2) is 33.4. The number of para-hydroxylation sites is 4. The third-order valence-corrected chi connectivity index (χ3v) is 14.0. The van der Waals surface area contributed by atoms with E-state index in [1.165, 1.54) is 0 Å². The summed E-state index contributed by atoms with van der Waals surface area (Å²) in [5.41, 5.74) is 17.9. The average molecular weight is 1110 g/mol. The molecule has 12 nitrogen and oxygen atoms in total. The van der Waals surface area contributed by atoms with Gasteiger partial charge in [-0.3, -0.25) is 19.2 Å². The number of rotatable bonds is 16. The van der Waals surface area contributed by atoms with Crippen LogP contribution in [0.4, 0.5) is 22.7 Å². The summed E-state index contributed by atoms with van der Waals surface area (Å²) in [6.07, 6.45) is 4.00. The number of anilines is 4. The second-order valence-electron chi connectivity index (χ2n) is 20.1. The lowest BCUT2D eigenvalue weighted by Gasteiger charge is -2.13. The SMILES string of the molecule is Cc1cccc(C)c1NC(=O)c1ccccc1CCC#N.Cc1cccc(C)c1NC(=O)c1ccccc1CCC#N.Cc1cccc(C)c1NC(=O)c1ccccc1CCC#N.Cc1cccc(C)c1NC(=O)c1ccccc1CCC#N. The first-order valence-corrected chi connectivity index (χ1v) is 27.8. The summed E-state index contributed by atoms with van der Waals surface area (Å²) in [5.74, 6) is -0.497. The molecule has 0 bridgehead atoms. The lowest BCUT2D eigenvalue weighted by molar-refractivity contribution is 0.101. The van der Waals surface area contributed by atoms with E-state index in [1.807, 2.05) is 201 Å². The van der Waals surface area contributed by atoms with Crippen molar-refractivity contribution in [2.24, 2.45) is 0 Å². The van der Waals surface area contributed by atoms with E-state index in [2.05, 4.69) is 45.5 Å². The summed E-state index contributed by atoms with van der Waals surface area (Å²) >= 11 is 0. The molecule has 84 heavy (non-hydrogen) atoms. The third kappa shape index (κ3) is 18.8. The number of hydrogen-bond acceptors (Lipinski definition) is 8. The van der Waals surface area contributed by atoms with Gasteiger partial charge >= 0.3 is 0 Å². The first kappa shape index (κ1) is 64.4. The van der Waals surface area contributed by atoms with Crippen molar-refractivity contribution in [3.8, 4) is 24.3 Å². The maximum Gasteiger partial charge on any atom is 0.255 e. The smallest absolute Gasteiger partial charge is 0.255 e. The summed E-state index contributed by atoms with van der Waals surface area (Å²) in [7, 11) is 0. The number of hydrogen-bond donors (Lipinski definition) is 4. The van der Waals surface area contributed by atoms with E-state index >= 15 is 0 Å². The largest absolute Gasteiger partial charge is 0.321 e. The van der Waals surface area contributed by atoms with Crippen molar-refractivity contribution < 1.29 is 19.2 Å². The van der Waals surface area contributed by atoms with Crippen molar-refractivity contribution in [3.63, 3.8) is 0 Å². The summed E-state index contributed by atoms with van der Waals surface area (Å²) < 4.78 is 0. The van der Waals surface area contributed by atoms with Crippen molar-refractivity contribution in [2.45, 2.75) is 107 Å². The molecule has 0 unspecified atom stereocenters. The van der Waals surface area contributed by atoms with E-state index in [0.29, 0.717) is 73.6 Å². The number of carbonyl (C=O) groups is 4. The fourth-order valence-electron chi connectivity index (χ4n) is 9.37. The van der Waals surface area contributed by atoms with Gasteiger partial charge in [-0.15, -0.1) is 0 Å². The fraction of sp³-hybridized carbons (Fsp3) is 0.222. The van der Waals surface area contributed by atoms with Crippen LogP contribution in [-0.4, -0.2) is 23.6 Å². The molecule has 0 fully saturated rings. The van der Waals surface area contributed by atoms with E-state index < -0.39 is 0 Å². The standard InChI is InChI=1S/4C18H18N2O/c4*1-13-7-5-8-14(2)17(13)20-18(21)16-11-4-3-9-15(16)10-6-12-19/h4*3-5,7-9,11H,6,10H2,1-2H3,(H,20,21). The number of aryl methyl sites for hydroxylation is 12. The Morgan fingerprint density at radius 1 is 0.274 bits per heavy atom. The van der Waals surface area contributed by atoms with Gasteiger partial charge in [-0.1, -0.05) is 146 Å².